The van der Waals surface area contributed by atoms with E-state index < -0.39 is 9.84 Å². The van der Waals surface area contributed by atoms with Crippen LogP contribution in [0.1, 0.15) is 88.2 Å². The molecule has 0 aromatic heterocycles. The van der Waals surface area contributed by atoms with Crippen molar-refractivity contribution in [2.75, 3.05) is 45.5 Å². The number of hydrogen-bond acceptors (Lipinski definition) is 5. The highest BCUT2D eigenvalue weighted by atomic mass is 32.2. The molecule has 2 heterocycles. The number of amides is 3. The van der Waals surface area contributed by atoms with Crippen molar-refractivity contribution in [2.45, 2.75) is 100 Å². The SMILES string of the molecule is CCN(C(=O)Cc1ccc(S(C)(=O)=O)cc1)C1CCN(CCC(c2ccccc2)C2CCN(C(=O)NC3CCCCC3)CC2)CC1. The van der Waals surface area contributed by atoms with E-state index >= 15 is 0 Å². The number of nitrogens with zero attached hydrogens (tertiary/aromatic N) is 3. The molecule has 1 atom stereocenters. The Morgan fingerprint density at radius 1 is 0.870 bits per heavy atom. The van der Waals surface area contributed by atoms with E-state index in [0.29, 0.717) is 24.4 Å². The van der Waals surface area contributed by atoms with Gasteiger partial charge in [-0.05, 0) is 93.5 Å². The van der Waals surface area contributed by atoms with Gasteiger partial charge in [-0.2, -0.15) is 0 Å². The number of urea groups is 1. The van der Waals surface area contributed by atoms with E-state index in [1.54, 1.807) is 24.3 Å². The maximum atomic E-state index is 13.3. The number of rotatable bonds is 11. The Morgan fingerprint density at radius 2 is 1.52 bits per heavy atom. The number of nitrogens with one attached hydrogen (secondary N) is 1. The van der Waals surface area contributed by atoms with Crippen LogP contribution in [-0.2, 0) is 21.1 Å². The average molecular weight is 651 g/mol. The second-order valence-corrected chi connectivity index (χ2v) is 15.8. The van der Waals surface area contributed by atoms with Gasteiger partial charge in [-0.25, -0.2) is 13.2 Å². The highest BCUT2D eigenvalue weighted by Gasteiger charge is 2.32. The zero-order valence-electron chi connectivity index (χ0n) is 27.9. The molecule has 3 fully saturated rings. The number of carbonyl (C=O) groups is 2. The van der Waals surface area contributed by atoms with Crippen LogP contribution >= 0.6 is 0 Å². The van der Waals surface area contributed by atoms with Crippen molar-refractivity contribution in [2.24, 2.45) is 5.92 Å². The van der Waals surface area contributed by atoms with Crippen LogP contribution in [0.25, 0.3) is 0 Å². The summed E-state index contributed by atoms with van der Waals surface area (Å²) in [6.07, 6.45) is 12.6. The lowest BCUT2D eigenvalue weighted by Gasteiger charge is -2.40. The van der Waals surface area contributed by atoms with Crippen LogP contribution in [0.3, 0.4) is 0 Å². The maximum absolute atomic E-state index is 13.3. The van der Waals surface area contributed by atoms with Crippen LogP contribution < -0.4 is 5.32 Å². The van der Waals surface area contributed by atoms with Crippen LogP contribution in [0, 0.1) is 5.92 Å². The summed E-state index contributed by atoms with van der Waals surface area (Å²) in [6.45, 7) is 7.41. The van der Waals surface area contributed by atoms with E-state index in [0.717, 1.165) is 83.2 Å². The summed E-state index contributed by atoms with van der Waals surface area (Å²) in [5.41, 5.74) is 2.26. The summed E-state index contributed by atoms with van der Waals surface area (Å²) in [5, 5.41) is 3.31. The third kappa shape index (κ3) is 9.34. The van der Waals surface area contributed by atoms with Crippen molar-refractivity contribution >= 4 is 21.8 Å². The zero-order chi connectivity index (χ0) is 32.5. The highest BCUT2D eigenvalue weighted by molar-refractivity contribution is 7.90. The quantitative estimate of drug-likeness (QED) is 0.329. The first-order valence-electron chi connectivity index (χ1n) is 17.6. The smallest absolute Gasteiger partial charge is 0.317 e. The standard InChI is InChI=1S/C37H54N4O4S/c1-3-41(36(42)28-29-14-16-34(17-15-29)46(2,44)45)33-20-23-39(24-21-33)25-22-35(30-10-6-4-7-11-30)31-18-26-40(27-19-31)37(43)38-32-12-8-5-9-13-32/h4,6-7,10-11,14-17,31-33,35H,3,5,8-9,12-13,18-28H2,1-2H3,(H,38,43). The number of sulfone groups is 1. The molecule has 0 bridgehead atoms. The minimum absolute atomic E-state index is 0.107. The lowest BCUT2D eigenvalue weighted by atomic mass is 9.78. The molecule has 2 aliphatic heterocycles. The summed E-state index contributed by atoms with van der Waals surface area (Å²) >= 11 is 0. The van der Waals surface area contributed by atoms with Crippen LogP contribution in [0.2, 0.25) is 0 Å². The molecule has 46 heavy (non-hydrogen) atoms. The Labute approximate surface area is 276 Å². The van der Waals surface area contributed by atoms with Gasteiger partial charge in [0.2, 0.25) is 5.91 Å². The summed E-state index contributed by atoms with van der Waals surface area (Å²) < 4.78 is 23.6. The lowest BCUT2D eigenvalue weighted by Crippen LogP contribution is -2.49. The highest BCUT2D eigenvalue weighted by Crippen LogP contribution is 2.36. The van der Waals surface area contributed by atoms with Crippen molar-refractivity contribution in [3.8, 4) is 0 Å². The van der Waals surface area contributed by atoms with E-state index in [1.165, 1.54) is 31.1 Å². The van der Waals surface area contributed by atoms with E-state index in [1.807, 2.05) is 16.7 Å². The lowest BCUT2D eigenvalue weighted by molar-refractivity contribution is -0.133. The van der Waals surface area contributed by atoms with Gasteiger partial charge in [-0.15, -0.1) is 0 Å². The number of benzene rings is 2. The number of carbonyl (C=O) groups excluding carboxylic acids is 2. The van der Waals surface area contributed by atoms with Crippen molar-refractivity contribution in [3.63, 3.8) is 0 Å². The molecule has 2 aromatic rings. The van der Waals surface area contributed by atoms with E-state index in [-0.39, 0.29) is 29.3 Å². The molecule has 9 heteroatoms. The monoisotopic (exact) mass is 650 g/mol. The van der Waals surface area contributed by atoms with Crippen LogP contribution in [0.5, 0.6) is 0 Å². The third-order valence-corrected chi connectivity index (χ3v) is 11.8. The molecule has 0 spiro atoms. The van der Waals surface area contributed by atoms with Gasteiger partial charge >= 0.3 is 6.03 Å². The molecule has 2 saturated heterocycles. The molecule has 3 amide bonds. The van der Waals surface area contributed by atoms with Gasteiger partial charge in [-0.3, -0.25) is 4.79 Å². The number of likely N-dealkylation sites (tertiary alicyclic amines) is 2. The molecule has 5 rings (SSSR count). The van der Waals surface area contributed by atoms with Gasteiger partial charge in [0.15, 0.2) is 9.84 Å². The van der Waals surface area contributed by atoms with E-state index in [9.17, 15) is 18.0 Å². The average Bonchev–Trinajstić information content (AvgIpc) is 3.07. The second-order valence-electron chi connectivity index (χ2n) is 13.8. The van der Waals surface area contributed by atoms with Crippen molar-refractivity contribution in [1.82, 2.24) is 20.0 Å². The summed E-state index contributed by atoms with van der Waals surface area (Å²) in [4.78, 5) is 33.2. The van der Waals surface area contributed by atoms with Crippen molar-refractivity contribution < 1.29 is 18.0 Å². The number of hydrogen-bond donors (Lipinski definition) is 1. The normalized spacial score (nSPS) is 19.9. The van der Waals surface area contributed by atoms with Gasteiger partial charge in [0.05, 0.1) is 11.3 Å². The minimum Gasteiger partial charge on any atom is -0.340 e. The summed E-state index contributed by atoms with van der Waals surface area (Å²) in [7, 11) is -3.25. The molecule has 8 nitrogen and oxygen atoms in total. The van der Waals surface area contributed by atoms with Gasteiger partial charge in [0.25, 0.3) is 0 Å². The van der Waals surface area contributed by atoms with Crippen molar-refractivity contribution in [3.05, 3.63) is 65.7 Å². The first kappa shape index (κ1) is 34.4. The Bertz CT molecular complexity index is 1360. The predicted molar refractivity (Wildman–Crippen MR) is 184 cm³/mol. The molecule has 0 radical (unpaired) electrons. The van der Waals surface area contributed by atoms with E-state index in [2.05, 4.69) is 40.5 Å². The Hall–Kier alpha value is -2.91. The predicted octanol–water partition coefficient (Wildman–Crippen LogP) is 5.87. The first-order valence-corrected chi connectivity index (χ1v) is 19.5. The van der Waals surface area contributed by atoms with Crippen LogP contribution in [-0.4, -0.2) is 92.7 Å². The summed E-state index contributed by atoms with van der Waals surface area (Å²) in [6, 6.07) is 18.4. The molecule has 252 valence electrons. The van der Waals surface area contributed by atoms with Crippen LogP contribution in [0.15, 0.2) is 59.5 Å². The summed E-state index contributed by atoms with van der Waals surface area (Å²) in [5.74, 6) is 1.15. The second kappa shape index (κ2) is 16.3. The maximum Gasteiger partial charge on any atom is 0.317 e. The molecule has 2 aromatic carbocycles. The van der Waals surface area contributed by atoms with Crippen molar-refractivity contribution in [1.29, 1.82) is 0 Å². The zero-order valence-corrected chi connectivity index (χ0v) is 28.7. The number of likely N-dealkylation sites (N-methyl/N-ethyl adjacent to an activating group) is 1. The molecular weight excluding hydrogens is 596 g/mol. The van der Waals surface area contributed by atoms with Gasteiger partial charge in [0.1, 0.15) is 0 Å². The first-order chi connectivity index (χ1) is 22.2. The molecule has 1 aliphatic carbocycles. The fourth-order valence-corrected chi connectivity index (χ4v) is 8.57. The molecule has 1 saturated carbocycles. The largest absolute Gasteiger partial charge is 0.340 e. The Morgan fingerprint density at radius 3 is 2.13 bits per heavy atom. The fourth-order valence-electron chi connectivity index (χ4n) is 7.94. The van der Waals surface area contributed by atoms with Gasteiger partial charge in [-0.1, -0.05) is 61.7 Å². The van der Waals surface area contributed by atoms with E-state index in [4.69, 9.17) is 0 Å². The Balaban J connectivity index is 1.10. The molecular formula is C37H54N4O4S. The van der Waals surface area contributed by atoms with Gasteiger partial charge in [0, 0.05) is 51.1 Å². The topological polar surface area (TPSA) is 90.0 Å². The molecule has 1 unspecified atom stereocenters. The Kier molecular flexibility index (Phi) is 12.2. The van der Waals surface area contributed by atoms with Crippen LogP contribution in [0.4, 0.5) is 4.79 Å². The number of piperidine rings is 2. The molecule has 1 N–H and O–H groups in total. The fraction of sp³-hybridized carbons (Fsp3) is 0.622. The van der Waals surface area contributed by atoms with Gasteiger partial charge < -0.3 is 20.0 Å². The minimum atomic E-state index is -3.25. The molecule has 3 aliphatic rings. The third-order valence-electron chi connectivity index (χ3n) is 10.7.